The lowest BCUT2D eigenvalue weighted by Crippen LogP contribution is -2.34. The van der Waals surface area contributed by atoms with Crippen LogP contribution < -0.4 is 5.32 Å². The van der Waals surface area contributed by atoms with Gasteiger partial charge < -0.3 is 10.4 Å². The molecule has 68 valence electrons. The van der Waals surface area contributed by atoms with Crippen LogP contribution in [0, 0.1) is 5.92 Å². The van der Waals surface area contributed by atoms with Crippen LogP contribution in [0.5, 0.6) is 0 Å². The second-order valence-electron chi connectivity index (χ2n) is 2.74. The molecule has 12 heavy (non-hydrogen) atoms. The van der Waals surface area contributed by atoms with Gasteiger partial charge in [0.2, 0.25) is 0 Å². The van der Waals surface area contributed by atoms with Crippen molar-refractivity contribution in [3.8, 4) is 0 Å². The second kappa shape index (κ2) is 4.35. The summed E-state index contributed by atoms with van der Waals surface area (Å²) in [6.07, 6.45) is 1.07. The van der Waals surface area contributed by atoms with Crippen molar-refractivity contribution in [1.82, 2.24) is 5.32 Å². The van der Waals surface area contributed by atoms with Gasteiger partial charge in [-0.25, -0.2) is 4.79 Å². The highest BCUT2D eigenvalue weighted by Crippen LogP contribution is 2.22. The zero-order chi connectivity index (χ0) is 8.97. The van der Waals surface area contributed by atoms with E-state index in [2.05, 4.69) is 5.32 Å². The Morgan fingerprint density at radius 3 is 2.83 bits per heavy atom. The van der Waals surface area contributed by atoms with E-state index in [-0.39, 0.29) is 0 Å². The van der Waals surface area contributed by atoms with Crippen molar-refractivity contribution in [3.05, 3.63) is 0 Å². The van der Waals surface area contributed by atoms with Crippen molar-refractivity contribution >= 4 is 23.6 Å². The Morgan fingerprint density at radius 2 is 2.33 bits per heavy atom. The summed E-state index contributed by atoms with van der Waals surface area (Å²) in [5.41, 5.74) is 0. The lowest BCUT2D eigenvalue weighted by atomic mass is 10.1. The normalized spacial score (nSPS) is 22.2. The van der Waals surface area contributed by atoms with Crippen LogP contribution in [-0.2, 0) is 9.59 Å². The van der Waals surface area contributed by atoms with Gasteiger partial charge in [-0.3, -0.25) is 4.79 Å². The van der Waals surface area contributed by atoms with Crippen LogP contribution in [0.15, 0.2) is 0 Å². The molecule has 0 saturated carbocycles. The summed E-state index contributed by atoms with van der Waals surface area (Å²) in [6, 6.07) is 0. The summed E-state index contributed by atoms with van der Waals surface area (Å²) < 4.78 is 0. The first-order chi connectivity index (χ1) is 5.70. The van der Waals surface area contributed by atoms with Crippen molar-refractivity contribution in [2.45, 2.75) is 6.42 Å². The van der Waals surface area contributed by atoms with E-state index in [4.69, 9.17) is 5.11 Å². The standard InChI is InChI=1S/C7H11NO3S/c9-6(7(10)11)8-3-5-1-2-12-4-5/h5H,1-4H2,(H,8,9)(H,10,11). The molecule has 0 aromatic rings. The zero-order valence-electron chi connectivity index (χ0n) is 6.58. The first-order valence-corrected chi connectivity index (χ1v) is 4.94. The molecule has 0 spiro atoms. The summed E-state index contributed by atoms with van der Waals surface area (Å²) in [5, 5.41) is 10.6. The van der Waals surface area contributed by atoms with E-state index >= 15 is 0 Å². The monoisotopic (exact) mass is 189 g/mol. The number of hydrogen-bond acceptors (Lipinski definition) is 3. The first kappa shape index (κ1) is 9.38. The average Bonchev–Trinajstić information content (AvgIpc) is 2.51. The van der Waals surface area contributed by atoms with Gasteiger partial charge in [-0.1, -0.05) is 0 Å². The predicted octanol–water partition coefficient (Wildman–Crippen LogP) is -0.0597. The van der Waals surface area contributed by atoms with E-state index in [1.54, 1.807) is 0 Å². The quantitative estimate of drug-likeness (QED) is 0.597. The van der Waals surface area contributed by atoms with Crippen LogP contribution in [0.2, 0.25) is 0 Å². The number of carboxylic acids is 1. The maximum absolute atomic E-state index is 10.6. The Kier molecular flexibility index (Phi) is 3.40. The third-order valence-corrected chi connectivity index (χ3v) is 3.00. The summed E-state index contributed by atoms with van der Waals surface area (Å²) in [6.45, 7) is 0.498. The van der Waals surface area contributed by atoms with Crippen LogP contribution in [0.4, 0.5) is 0 Å². The number of carbonyl (C=O) groups excluding carboxylic acids is 1. The summed E-state index contributed by atoms with van der Waals surface area (Å²) in [7, 11) is 0. The van der Waals surface area contributed by atoms with Gasteiger partial charge in [0.05, 0.1) is 0 Å². The fourth-order valence-electron chi connectivity index (χ4n) is 1.06. The minimum Gasteiger partial charge on any atom is -0.474 e. The molecule has 1 atom stereocenters. The van der Waals surface area contributed by atoms with Gasteiger partial charge in [0.25, 0.3) is 0 Å². The Bertz CT molecular complexity index is 189. The van der Waals surface area contributed by atoms with Gasteiger partial charge >= 0.3 is 11.9 Å². The number of thioether (sulfide) groups is 1. The van der Waals surface area contributed by atoms with Crippen molar-refractivity contribution in [2.75, 3.05) is 18.1 Å². The van der Waals surface area contributed by atoms with E-state index < -0.39 is 11.9 Å². The number of rotatable bonds is 2. The van der Waals surface area contributed by atoms with E-state index in [9.17, 15) is 9.59 Å². The highest BCUT2D eigenvalue weighted by Gasteiger charge is 2.18. The van der Waals surface area contributed by atoms with Crippen LogP contribution in [0.1, 0.15) is 6.42 Å². The number of amides is 1. The molecule has 0 aromatic carbocycles. The summed E-state index contributed by atoms with van der Waals surface area (Å²) >= 11 is 1.84. The van der Waals surface area contributed by atoms with E-state index in [1.165, 1.54) is 0 Å². The van der Waals surface area contributed by atoms with Crippen molar-refractivity contribution in [2.24, 2.45) is 5.92 Å². The minimum absolute atomic E-state index is 0.457. The molecule has 1 amide bonds. The van der Waals surface area contributed by atoms with Gasteiger partial charge in [-0.2, -0.15) is 11.8 Å². The van der Waals surface area contributed by atoms with Crippen molar-refractivity contribution in [1.29, 1.82) is 0 Å². The Labute approximate surface area is 74.7 Å². The molecule has 1 aliphatic heterocycles. The third-order valence-electron chi connectivity index (χ3n) is 1.77. The topological polar surface area (TPSA) is 66.4 Å². The van der Waals surface area contributed by atoms with Crippen molar-refractivity contribution < 1.29 is 14.7 Å². The van der Waals surface area contributed by atoms with Gasteiger partial charge in [0.1, 0.15) is 0 Å². The number of carbonyl (C=O) groups is 2. The maximum atomic E-state index is 10.6. The minimum atomic E-state index is -1.40. The number of nitrogens with one attached hydrogen (secondary N) is 1. The lowest BCUT2D eigenvalue weighted by Gasteiger charge is -2.07. The maximum Gasteiger partial charge on any atom is 0.394 e. The Hall–Kier alpha value is -0.710. The summed E-state index contributed by atoms with van der Waals surface area (Å²) in [5.74, 6) is 0.305. The molecular formula is C7H11NO3S. The van der Waals surface area contributed by atoms with Crippen molar-refractivity contribution in [3.63, 3.8) is 0 Å². The van der Waals surface area contributed by atoms with Gasteiger partial charge in [-0.15, -0.1) is 0 Å². The summed E-state index contributed by atoms with van der Waals surface area (Å²) in [4.78, 5) is 20.7. The van der Waals surface area contributed by atoms with E-state index in [1.807, 2.05) is 11.8 Å². The van der Waals surface area contributed by atoms with Gasteiger partial charge in [-0.05, 0) is 23.8 Å². The fourth-order valence-corrected chi connectivity index (χ4v) is 2.34. The Morgan fingerprint density at radius 1 is 1.58 bits per heavy atom. The average molecular weight is 189 g/mol. The smallest absolute Gasteiger partial charge is 0.394 e. The molecule has 2 N–H and O–H groups in total. The van der Waals surface area contributed by atoms with Crippen LogP contribution in [0.3, 0.4) is 0 Å². The molecule has 1 rings (SSSR count). The van der Waals surface area contributed by atoms with Crippen LogP contribution in [-0.4, -0.2) is 35.0 Å². The molecule has 1 aliphatic rings. The Balaban J connectivity index is 2.16. The first-order valence-electron chi connectivity index (χ1n) is 3.79. The largest absolute Gasteiger partial charge is 0.474 e. The van der Waals surface area contributed by atoms with E-state index in [0.717, 1.165) is 17.9 Å². The molecule has 1 fully saturated rings. The third kappa shape index (κ3) is 2.73. The molecular weight excluding hydrogens is 178 g/mol. The molecule has 0 bridgehead atoms. The molecule has 4 nitrogen and oxygen atoms in total. The lowest BCUT2D eigenvalue weighted by molar-refractivity contribution is -0.150. The van der Waals surface area contributed by atoms with E-state index in [0.29, 0.717) is 12.5 Å². The van der Waals surface area contributed by atoms with Gasteiger partial charge in [0, 0.05) is 6.54 Å². The molecule has 1 unspecified atom stereocenters. The number of hydrogen-bond donors (Lipinski definition) is 2. The number of aliphatic carboxylic acids is 1. The fraction of sp³-hybridized carbons (Fsp3) is 0.714. The molecule has 0 aromatic heterocycles. The highest BCUT2D eigenvalue weighted by atomic mass is 32.2. The zero-order valence-corrected chi connectivity index (χ0v) is 7.39. The van der Waals surface area contributed by atoms with Gasteiger partial charge in [0.15, 0.2) is 0 Å². The molecule has 1 heterocycles. The van der Waals surface area contributed by atoms with Crippen LogP contribution in [0.25, 0.3) is 0 Å². The second-order valence-corrected chi connectivity index (χ2v) is 3.89. The molecule has 0 radical (unpaired) electrons. The molecule has 0 aliphatic carbocycles. The molecule has 5 heteroatoms. The SMILES string of the molecule is O=C(O)C(=O)NCC1CCSC1. The van der Waals surface area contributed by atoms with Crippen LogP contribution >= 0.6 is 11.8 Å². The highest BCUT2D eigenvalue weighted by molar-refractivity contribution is 7.99. The molecule has 1 saturated heterocycles. The number of carboxylic acid groups (broad SMARTS) is 1. The predicted molar refractivity (Wildman–Crippen MR) is 46.1 cm³/mol.